The Bertz CT molecular complexity index is 680. The second-order valence-corrected chi connectivity index (χ2v) is 7.90. The number of rotatable bonds is 5. The number of benzene rings is 1. The standard InChI is InChI=1S/C16H21F3N2O3S/c17-16(18,19)15(22)20-10-9-13-5-7-14(8-6-13)25(23,24)21-11-3-1-2-4-12-21/h5-8H,1-4,9-12H2,(H,20,22). The van der Waals surface area contributed by atoms with Gasteiger partial charge in [0.2, 0.25) is 10.0 Å². The molecule has 0 atom stereocenters. The van der Waals surface area contributed by atoms with Gasteiger partial charge in [-0.05, 0) is 37.0 Å². The number of nitrogens with zero attached hydrogens (tertiary/aromatic N) is 1. The summed E-state index contributed by atoms with van der Waals surface area (Å²) in [6, 6.07) is 6.04. The van der Waals surface area contributed by atoms with Crippen LogP contribution in [0.1, 0.15) is 31.2 Å². The number of amides is 1. The first kappa shape index (κ1) is 19.7. The Kier molecular flexibility index (Phi) is 6.45. The molecule has 0 spiro atoms. The molecule has 0 radical (unpaired) electrons. The van der Waals surface area contributed by atoms with Crippen molar-refractivity contribution in [2.45, 2.75) is 43.2 Å². The highest BCUT2D eigenvalue weighted by Gasteiger charge is 2.38. The molecule has 1 fully saturated rings. The summed E-state index contributed by atoms with van der Waals surface area (Å²) in [5, 5.41) is 1.78. The maximum absolute atomic E-state index is 12.6. The minimum Gasteiger partial charge on any atom is -0.348 e. The highest BCUT2D eigenvalue weighted by molar-refractivity contribution is 7.89. The van der Waals surface area contributed by atoms with Gasteiger partial charge in [-0.15, -0.1) is 0 Å². The molecule has 0 aliphatic carbocycles. The van der Waals surface area contributed by atoms with Crippen molar-refractivity contribution in [1.29, 1.82) is 0 Å². The van der Waals surface area contributed by atoms with Crippen molar-refractivity contribution in [2.75, 3.05) is 19.6 Å². The first-order valence-corrected chi connectivity index (χ1v) is 9.59. The monoisotopic (exact) mass is 378 g/mol. The summed E-state index contributed by atoms with van der Waals surface area (Å²) in [6.45, 7) is 0.845. The molecule has 9 heteroatoms. The Morgan fingerprint density at radius 3 is 2.12 bits per heavy atom. The maximum atomic E-state index is 12.6. The number of hydrogen-bond acceptors (Lipinski definition) is 3. The van der Waals surface area contributed by atoms with Crippen LogP contribution in [-0.2, 0) is 21.2 Å². The smallest absolute Gasteiger partial charge is 0.348 e. The van der Waals surface area contributed by atoms with E-state index in [-0.39, 0.29) is 17.9 Å². The molecule has 1 aromatic rings. The van der Waals surface area contributed by atoms with Crippen LogP contribution in [0.5, 0.6) is 0 Å². The van der Waals surface area contributed by atoms with Crippen molar-refractivity contribution >= 4 is 15.9 Å². The van der Waals surface area contributed by atoms with E-state index in [1.54, 1.807) is 17.4 Å². The van der Waals surface area contributed by atoms with E-state index in [2.05, 4.69) is 0 Å². The average Bonchev–Trinajstić information content (AvgIpc) is 2.84. The van der Waals surface area contributed by atoms with Gasteiger partial charge in [0.05, 0.1) is 4.90 Å². The van der Waals surface area contributed by atoms with Crippen LogP contribution in [0.15, 0.2) is 29.2 Å². The van der Waals surface area contributed by atoms with Crippen molar-refractivity contribution in [3.8, 4) is 0 Å². The van der Waals surface area contributed by atoms with Gasteiger partial charge in [-0.25, -0.2) is 8.42 Å². The van der Waals surface area contributed by atoms with Gasteiger partial charge in [0.15, 0.2) is 0 Å². The van der Waals surface area contributed by atoms with E-state index < -0.39 is 22.1 Å². The highest BCUT2D eigenvalue weighted by Crippen LogP contribution is 2.21. The quantitative estimate of drug-likeness (QED) is 0.856. The molecule has 140 valence electrons. The van der Waals surface area contributed by atoms with Crippen molar-refractivity contribution in [1.82, 2.24) is 9.62 Å². The normalized spacial score (nSPS) is 17.1. The minimum absolute atomic E-state index is 0.170. The largest absolute Gasteiger partial charge is 0.471 e. The van der Waals surface area contributed by atoms with E-state index in [4.69, 9.17) is 0 Å². The number of carbonyl (C=O) groups excluding carboxylic acids is 1. The lowest BCUT2D eigenvalue weighted by Gasteiger charge is -2.20. The van der Waals surface area contributed by atoms with Crippen molar-refractivity contribution in [2.24, 2.45) is 0 Å². The maximum Gasteiger partial charge on any atom is 0.471 e. The van der Waals surface area contributed by atoms with Crippen LogP contribution in [-0.4, -0.2) is 44.4 Å². The summed E-state index contributed by atoms with van der Waals surface area (Å²) in [4.78, 5) is 10.9. The first-order chi connectivity index (χ1) is 11.7. The van der Waals surface area contributed by atoms with Crippen LogP contribution in [0, 0.1) is 0 Å². The first-order valence-electron chi connectivity index (χ1n) is 8.15. The van der Waals surface area contributed by atoms with Crippen LogP contribution >= 0.6 is 0 Å². The van der Waals surface area contributed by atoms with E-state index in [1.165, 1.54) is 16.4 Å². The van der Waals surface area contributed by atoms with Crippen LogP contribution in [0.3, 0.4) is 0 Å². The molecular weight excluding hydrogens is 357 g/mol. The number of nitrogens with one attached hydrogen (secondary N) is 1. The summed E-state index contributed by atoms with van der Waals surface area (Å²) in [5.41, 5.74) is 0.650. The van der Waals surface area contributed by atoms with Gasteiger partial charge < -0.3 is 5.32 Å². The predicted molar refractivity (Wildman–Crippen MR) is 86.4 cm³/mol. The molecule has 1 heterocycles. The number of halogens is 3. The predicted octanol–water partition coefficient (Wildman–Crippen LogP) is 2.47. The molecular formula is C16H21F3N2O3S. The van der Waals surface area contributed by atoms with Gasteiger partial charge in [-0.1, -0.05) is 25.0 Å². The zero-order chi connectivity index (χ0) is 18.5. The van der Waals surface area contributed by atoms with Crippen molar-refractivity contribution < 1.29 is 26.4 Å². The molecule has 2 rings (SSSR count). The van der Waals surface area contributed by atoms with Crippen LogP contribution in [0.4, 0.5) is 13.2 Å². The van der Waals surface area contributed by atoms with Crippen LogP contribution < -0.4 is 5.32 Å². The molecule has 25 heavy (non-hydrogen) atoms. The summed E-state index contributed by atoms with van der Waals surface area (Å²) < 4.78 is 62.9. The zero-order valence-corrected chi connectivity index (χ0v) is 14.5. The van der Waals surface area contributed by atoms with Gasteiger partial charge >= 0.3 is 12.1 Å². The van der Waals surface area contributed by atoms with E-state index in [9.17, 15) is 26.4 Å². The van der Waals surface area contributed by atoms with Crippen molar-refractivity contribution in [3.05, 3.63) is 29.8 Å². The van der Waals surface area contributed by atoms with Gasteiger partial charge in [0, 0.05) is 19.6 Å². The lowest BCUT2D eigenvalue weighted by atomic mass is 10.1. The number of hydrogen-bond donors (Lipinski definition) is 1. The Hall–Kier alpha value is -1.61. The fourth-order valence-corrected chi connectivity index (χ4v) is 4.20. The van der Waals surface area contributed by atoms with E-state index in [0.29, 0.717) is 18.7 Å². The third-order valence-electron chi connectivity index (χ3n) is 4.08. The summed E-state index contributed by atoms with van der Waals surface area (Å²) in [6.07, 6.45) is -0.980. The third kappa shape index (κ3) is 5.43. The fourth-order valence-electron chi connectivity index (χ4n) is 2.68. The second kappa shape index (κ2) is 8.18. The molecule has 0 bridgehead atoms. The third-order valence-corrected chi connectivity index (χ3v) is 6.00. The Balaban J connectivity index is 1.96. The lowest BCUT2D eigenvalue weighted by Crippen LogP contribution is -2.37. The van der Waals surface area contributed by atoms with Gasteiger partial charge in [0.25, 0.3) is 0 Å². The number of alkyl halides is 3. The molecule has 1 amide bonds. The summed E-state index contributed by atoms with van der Waals surface area (Å²) in [7, 11) is -3.54. The highest BCUT2D eigenvalue weighted by atomic mass is 32.2. The second-order valence-electron chi connectivity index (χ2n) is 5.97. The molecule has 1 aliphatic rings. The number of sulfonamides is 1. The molecule has 1 N–H and O–H groups in total. The van der Waals surface area contributed by atoms with Crippen molar-refractivity contribution in [3.63, 3.8) is 0 Å². The number of carbonyl (C=O) groups is 1. The van der Waals surface area contributed by atoms with Gasteiger partial charge in [-0.2, -0.15) is 17.5 Å². The lowest BCUT2D eigenvalue weighted by molar-refractivity contribution is -0.173. The Morgan fingerprint density at radius 1 is 1.04 bits per heavy atom. The van der Waals surface area contributed by atoms with Crippen LogP contribution in [0.25, 0.3) is 0 Å². The minimum atomic E-state index is -4.90. The molecule has 0 unspecified atom stereocenters. The van der Waals surface area contributed by atoms with E-state index >= 15 is 0 Å². The molecule has 1 aromatic carbocycles. The summed E-state index contributed by atoms with van der Waals surface area (Å²) in [5.74, 6) is -1.98. The fraction of sp³-hybridized carbons (Fsp3) is 0.562. The van der Waals surface area contributed by atoms with Gasteiger partial charge in [-0.3, -0.25) is 4.79 Å². The van der Waals surface area contributed by atoms with E-state index in [1.807, 2.05) is 0 Å². The Morgan fingerprint density at radius 2 is 1.60 bits per heavy atom. The average molecular weight is 378 g/mol. The molecule has 1 saturated heterocycles. The summed E-state index contributed by atoms with van der Waals surface area (Å²) >= 11 is 0. The molecule has 1 aliphatic heterocycles. The molecule has 0 aromatic heterocycles. The zero-order valence-electron chi connectivity index (χ0n) is 13.7. The SMILES string of the molecule is O=C(NCCc1ccc(S(=O)(=O)N2CCCCCC2)cc1)C(F)(F)F. The topological polar surface area (TPSA) is 66.5 Å². The van der Waals surface area contributed by atoms with E-state index in [0.717, 1.165) is 25.7 Å². The van der Waals surface area contributed by atoms with Crippen LogP contribution in [0.2, 0.25) is 0 Å². The molecule has 0 saturated carbocycles. The van der Waals surface area contributed by atoms with Gasteiger partial charge in [0.1, 0.15) is 0 Å². The Labute approximate surface area is 145 Å². The molecule has 5 nitrogen and oxygen atoms in total.